The third-order valence-electron chi connectivity index (χ3n) is 7.49. The van der Waals surface area contributed by atoms with Crippen molar-refractivity contribution in [2.24, 2.45) is 11.3 Å². The average molecular weight is 517 g/mol. The molecule has 5 nitrogen and oxygen atoms in total. The molecule has 1 fully saturated rings. The molecule has 1 aliphatic heterocycles. The fourth-order valence-electron chi connectivity index (χ4n) is 5.68. The molecular formula is C24H27F3O5S2. The van der Waals surface area contributed by atoms with E-state index >= 15 is 4.39 Å². The van der Waals surface area contributed by atoms with Gasteiger partial charge in [-0.05, 0) is 54.5 Å². The lowest BCUT2D eigenvalue weighted by molar-refractivity contribution is 0.00902. The van der Waals surface area contributed by atoms with Crippen LogP contribution in [-0.2, 0) is 31.1 Å². The Hall–Kier alpha value is -2.07. The Morgan fingerprint density at radius 1 is 1.00 bits per heavy atom. The molecule has 0 aromatic heterocycles. The van der Waals surface area contributed by atoms with E-state index in [9.17, 15) is 25.6 Å². The number of benzene rings is 2. The minimum absolute atomic E-state index is 0.0239. The Morgan fingerprint density at radius 2 is 1.65 bits per heavy atom. The van der Waals surface area contributed by atoms with Crippen molar-refractivity contribution in [3.8, 4) is 5.75 Å². The fourth-order valence-corrected chi connectivity index (χ4v) is 9.03. The van der Waals surface area contributed by atoms with Gasteiger partial charge in [-0.3, -0.25) is 0 Å². The highest BCUT2D eigenvalue weighted by Gasteiger charge is 2.63. The molecule has 1 heterocycles. The first-order valence-corrected chi connectivity index (χ1v) is 14.6. The molecule has 2 aromatic rings. The minimum Gasteiger partial charge on any atom is -0.490 e. The van der Waals surface area contributed by atoms with Crippen LogP contribution in [0.1, 0.15) is 43.7 Å². The summed E-state index contributed by atoms with van der Waals surface area (Å²) in [5, 5.41) is 0. The summed E-state index contributed by atoms with van der Waals surface area (Å²) in [4.78, 5) is -0.126. The van der Waals surface area contributed by atoms with Gasteiger partial charge in [-0.15, -0.1) is 0 Å². The van der Waals surface area contributed by atoms with E-state index < -0.39 is 59.8 Å². The maximum Gasteiger partial charge on any atom is 0.188 e. The number of hydrogen-bond acceptors (Lipinski definition) is 5. The first kappa shape index (κ1) is 25.0. The standard InChI is InChI=1S/C24H27F3O5S2/c1-23(12-13-33(2,28)29)10-3-11-24(34(30,31)17-6-4-16(14-25)5-7-17)20(23)15-32-22-19(27)9-8-18(26)21(22)24/h4-9,20H,3,10-15H2,1-2H3/t20-,23-,24-/m0/s1. The topological polar surface area (TPSA) is 77.5 Å². The van der Waals surface area contributed by atoms with E-state index in [2.05, 4.69) is 0 Å². The molecule has 0 amide bonds. The highest BCUT2D eigenvalue weighted by atomic mass is 32.2. The molecule has 0 N–H and O–H groups in total. The molecule has 3 atom stereocenters. The van der Waals surface area contributed by atoms with Gasteiger partial charge in [-0.25, -0.2) is 30.0 Å². The zero-order chi connectivity index (χ0) is 24.9. The molecule has 186 valence electrons. The average Bonchev–Trinajstić information content (AvgIpc) is 2.79. The van der Waals surface area contributed by atoms with Crippen molar-refractivity contribution >= 4 is 19.7 Å². The molecule has 34 heavy (non-hydrogen) atoms. The molecule has 2 aliphatic rings. The molecule has 0 unspecified atom stereocenters. The summed E-state index contributed by atoms with van der Waals surface area (Å²) in [6.07, 6.45) is 2.17. The number of rotatable bonds is 6. The van der Waals surface area contributed by atoms with E-state index in [4.69, 9.17) is 4.74 Å². The van der Waals surface area contributed by atoms with E-state index in [0.717, 1.165) is 18.4 Å². The van der Waals surface area contributed by atoms with Crippen LogP contribution < -0.4 is 4.74 Å². The molecule has 0 bridgehead atoms. The summed E-state index contributed by atoms with van der Waals surface area (Å²) in [7, 11) is -7.69. The molecular weight excluding hydrogens is 489 g/mol. The minimum atomic E-state index is -4.34. The largest absolute Gasteiger partial charge is 0.490 e. The number of alkyl halides is 1. The van der Waals surface area contributed by atoms with Gasteiger partial charge in [-0.1, -0.05) is 25.5 Å². The van der Waals surface area contributed by atoms with Gasteiger partial charge in [0.05, 0.1) is 22.8 Å². The Kier molecular flexibility index (Phi) is 6.29. The van der Waals surface area contributed by atoms with Crippen LogP contribution in [0.15, 0.2) is 41.3 Å². The Labute approximate surface area is 198 Å². The van der Waals surface area contributed by atoms with Crippen molar-refractivity contribution < 1.29 is 34.7 Å². The third-order valence-corrected chi connectivity index (χ3v) is 11.0. The highest BCUT2D eigenvalue weighted by molar-refractivity contribution is 7.92. The third kappa shape index (κ3) is 3.92. The van der Waals surface area contributed by atoms with Crippen LogP contribution in [0.25, 0.3) is 0 Å². The van der Waals surface area contributed by atoms with E-state index in [-0.39, 0.29) is 35.7 Å². The number of fused-ring (bicyclic) bond motifs is 3. The molecule has 10 heteroatoms. The van der Waals surface area contributed by atoms with Crippen molar-refractivity contribution in [1.29, 1.82) is 0 Å². The van der Waals surface area contributed by atoms with Crippen LogP contribution in [0.2, 0.25) is 0 Å². The predicted molar refractivity (Wildman–Crippen MR) is 122 cm³/mol. The summed E-state index contributed by atoms with van der Waals surface area (Å²) < 4.78 is 99.5. The first-order chi connectivity index (χ1) is 15.9. The second-order valence-electron chi connectivity index (χ2n) is 9.65. The molecule has 1 saturated carbocycles. The van der Waals surface area contributed by atoms with Gasteiger partial charge in [0.1, 0.15) is 27.1 Å². The van der Waals surface area contributed by atoms with Crippen LogP contribution in [0.5, 0.6) is 5.75 Å². The Balaban J connectivity index is 1.98. The quantitative estimate of drug-likeness (QED) is 0.555. The molecule has 0 radical (unpaired) electrons. The summed E-state index contributed by atoms with van der Waals surface area (Å²) in [5.74, 6) is -3.17. The van der Waals surface area contributed by atoms with Gasteiger partial charge >= 0.3 is 0 Å². The van der Waals surface area contributed by atoms with Gasteiger partial charge in [0.25, 0.3) is 0 Å². The Bertz CT molecular complexity index is 1310. The van der Waals surface area contributed by atoms with E-state index in [1.165, 1.54) is 24.3 Å². The zero-order valence-electron chi connectivity index (χ0n) is 19.0. The van der Waals surface area contributed by atoms with Crippen LogP contribution >= 0.6 is 0 Å². The van der Waals surface area contributed by atoms with Gasteiger partial charge in [0.2, 0.25) is 0 Å². The summed E-state index contributed by atoms with van der Waals surface area (Å²) >= 11 is 0. The lowest BCUT2D eigenvalue weighted by atomic mass is 9.58. The maximum absolute atomic E-state index is 15.4. The number of ether oxygens (including phenoxy) is 1. The monoisotopic (exact) mass is 516 g/mol. The Morgan fingerprint density at radius 3 is 2.26 bits per heavy atom. The molecule has 4 rings (SSSR count). The highest BCUT2D eigenvalue weighted by Crippen LogP contribution is 2.62. The fraction of sp³-hybridized carbons (Fsp3) is 0.500. The first-order valence-electron chi connectivity index (χ1n) is 11.0. The molecule has 0 saturated heterocycles. The predicted octanol–water partition coefficient (Wildman–Crippen LogP) is 4.74. The second-order valence-corrected chi connectivity index (χ2v) is 14.1. The summed E-state index contributed by atoms with van der Waals surface area (Å²) in [6.45, 7) is 0.827. The van der Waals surface area contributed by atoms with Gasteiger partial charge in [0.15, 0.2) is 21.4 Å². The summed E-state index contributed by atoms with van der Waals surface area (Å²) in [6, 6.07) is 7.07. The molecule has 1 aliphatic carbocycles. The zero-order valence-corrected chi connectivity index (χ0v) is 20.6. The van der Waals surface area contributed by atoms with Gasteiger partial charge in [-0.2, -0.15) is 0 Å². The lowest BCUT2D eigenvalue weighted by Gasteiger charge is -2.55. The molecule has 2 aromatic carbocycles. The summed E-state index contributed by atoms with van der Waals surface area (Å²) in [5.41, 5.74) is -0.883. The van der Waals surface area contributed by atoms with Crippen LogP contribution in [0, 0.1) is 23.0 Å². The van der Waals surface area contributed by atoms with Gasteiger partial charge < -0.3 is 4.74 Å². The van der Waals surface area contributed by atoms with Crippen molar-refractivity contribution in [3.05, 3.63) is 59.2 Å². The number of sulfone groups is 2. The SMILES string of the molecule is C[C@@]1(CCS(C)(=O)=O)CCC[C@@]2(S(=O)(=O)c3ccc(CF)cc3)c3c(F)ccc(F)c3OC[C@@H]12. The van der Waals surface area contributed by atoms with Crippen LogP contribution in [0.3, 0.4) is 0 Å². The second kappa shape index (κ2) is 8.55. The van der Waals surface area contributed by atoms with Crippen molar-refractivity contribution in [2.45, 2.75) is 48.9 Å². The van der Waals surface area contributed by atoms with E-state index in [1.807, 2.05) is 0 Å². The van der Waals surface area contributed by atoms with E-state index in [1.54, 1.807) is 6.92 Å². The lowest BCUT2D eigenvalue weighted by Crippen LogP contribution is -2.57. The number of hydrogen-bond donors (Lipinski definition) is 0. The van der Waals surface area contributed by atoms with E-state index in [0.29, 0.717) is 18.4 Å². The van der Waals surface area contributed by atoms with Crippen LogP contribution in [-0.4, -0.2) is 35.5 Å². The smallest absolute Gasteiger partial charge is 0.188 e. The van der Waals surface area contributed by atoms with Crippen molar-refractivity contribution in [1.82, 2.24) is 0 Å². The van der Waals surface area contributed by atoms with Crippen molar-refractivity contribution in [3.63, 3.8) is 0 Å². The van der Waals surface area contributed by atoms with Gasteiger partial charge in [0, 0.05) is 12.2 Å². The van der Waals surface area contributed by atoms with Crippen LogP contribution in [0.4, 0.5) is 13.2 Å². The van der Waals surface area contributed by atoms with Crippen molar-refractivity contribution in [2.75, 3.05) is 18.6 Å². The normalized spacial score (nSPS) is 26.9. The molecule has 0 spiro atoms. The number of halogens is 3. The maximum atomic E-state index is 15.4.